The first-order valence-corrected chi connectivity index (χ1v) is 32.6. The van der Waals surface area contributed by atoms with E-state index in [4.69, 9.17) is 28.4 Å². The number of quaternary nitrogens is 1. The number of hydrogen-bond donors (Lipinski definition) is 0. The summed E-state index contributed by atoms with van der Waals surface area (Å²) in [5.74, 6) is -2.61. The van der Waals surface area contributed by atoms with Crippen LogP contribution >= 0.6 is 0 Å². The highest BCUT2D eigenvalue weighted by Gasteiger charge is 2.57. The third-order valence-electron chi connectivity index (χ3n) is 17.7. The molecule has 3 unspecified atom stereocenters. The maximum atomic E-state index is 14.8. The highest BCUT2D eigenvalue weighted by molar-refractivity contribution is 5.86. The van der Waals surface area contributed by atoms with Gasteiger partial charge in [-0.15, -0.1) is 0 Å². The molecule has 2 bridgehead atoms. The molecule has 450 valence electrons. The zero-order valence-corrected chi connectivity index (χ0v) is 50.3. The smallest absolute Gasteiger partial charge is 0.348 e. The summed E-state index contributed by atoms with van der Waals surface area (Å²) in [5, 5.41) is 0. The van der Waals surface area contributed by atoms with Crippen LogP contribution in [0.25, 0.3) is 0 Å². The third-order valence-corrected chi connectivity index (χ3v) is 17.7. The number of hydrogen-bond acceptors (Lipinski definition) is 11. The highest BCUT2D eigenvalue weighted by Crippen LogP contribution is 2.47. The van der Waals surface area contributed by atoms with Crippen LogP contribution in [0.3, 0.4) is 0 Å². The Morgan fingerprint density at radius 2 is 0.925 bits per heavy atom. The van der Waals surface area contributed by atoms with Gasteiger partial charge >= 0.3 is 29.8 Å². The Bertz CT molecular complexity index is 1900. The summed E-state index contributed by atoms with van der Waals surface area (Å²) >= 11 is 0. The molecule has 0 aliphatic carbocycles. The molecule has 0 saturated carbocycles. The largest absolute Gasteiger partial charge is 0.462 e. The maximum absolute atomic E-state index is 14.8. The zero-order valence-electron chi connectivity index (χ0n) is 50.3. The van der Waals surface area contributed by atoms with E-state index < -0.39 is 36.4 Å². The SMILES string of the molecule is CCCCCCCCCCCCCCCC(=O)OCC(COC(=O)CCCCCCCCCCCCCCC)OC(=O)CCC(C)CC(=O)OCOC(C(=O)OC1CC2CCC(C1)[N+]21CCCC1)(c1ccccc1)c1ccccc1. The summed E-state index contributed by atoms with van der Waals surface area (Å²) < 4.78 is 36.9. The Morgan fingerprint density at radius 1 is 0.512 bits per heavy atom. The highest BCUT2D eigenvalue weighted by atomic mass is 16.7. The van der Waals surface area contributed by atoms with Gasteiger partial charge in [0.2, 0.25) is 5.60 Å². The quantitative estimate of drug-likeness (QED) is 0.0206. The van der Waals surface area contributed by atoms with Crippen molar-refractivity contribution in [2.45, 2.75) is 288 Å². The van der Waals surface area contributed by atoms with Crippen LogP contribution in [0.1, 0.15) is 269 Å². The molecule has 80 heavy (non-hydrogen) atoms. The fourth-order valence-corrected chi connectivity index (χ4v) is 13.0. The number of carbonyl (C=O) groups excluding carboxylic acids is 5. The molecule has 12 heteroatoms. The minimum absolute atomic E-state index is 0.00729. The van der Waals surface area contributed by atoms with Gasteiger partial charge in [0.25, 0.3) is 0 Å². The number of piperidine rings is 1. The van der Waals surface area contributed by atoms with E-state index in [0.29, 0.717) is 29.6 Å². The number of nitrogens with zero attached hydrogens (tertiary/aromatic N) is 1. The molecule has 3 saturated heterocycles. The summed E-state index contributed by atoms with van der Waals surface area (Å²) in [4.78, 5) is 67.2. The first-order chi connectivity index (χ1) is 39.1. The molecule has 2 aromatic rings. The van der Waals surface area contributed by atoms with Gasteiger partial charge in [-0.05, 0) is 36.3 Å². The van der Waals surface area contributed by atoms with Crippen molar-refractivity contribution < 1.29 is 56.9 Å². The van der Waals surface area contributed by atoms with Gasteiger partial charge in [-0.1, -0.05) is 236 Å². The van der Waals surface area contributed by atoms with Crippen LogP contribution < -0.4 is 0 Å². The van der Waals surface area contributed by atoms with Crippen molar-refractivity contribution in [3.8, 4) is 0 Å². The minimum Gasteiger partial charge on any atom is -0.462 e. The summed E-state index contributed by atoms with van der Waals surface area (Å²) in [5.41, 5.74) is -0.534. The van der Waals surface area contributed by atoms with Crippen LogP contribution in [0, 0.1) is 5.92 Å². The second-order valence-corrected chi connectivity index (χ2v) is 24.1. The Morgan fingerprint density at radius 3 is 1.35 bits per heavy atom. The molecule has 0 aromatic heterocycles. The number of ether oxygens (including phenoxy) is 6. The van der Waals surface area contributed by atoms with E-state index in [0.717, 1.165) is 51.4 Å². The van der Waals surface area contributed by atoms with Crippen molar-refractivity contribution in [1.29, 1.82) is 0 Å². The third kappa shape index (κ3) is 23.9. The van der Waals surface area contributed by atoms with Gasteiger partial charge in [-0.2, -0.15) is 0 Å². The van der Waals surface area contributed by atoms with Gasteiger partial charge in [0.15, 0.2) is 12.9 Å². The van der Waals surface area contributed by atoms with E-state index in [-0.39, 0.29) is 62.9 Å². The molecule has 3 fully saturated rings. The van der Waals surface area contributed by atoms with E-state index in [1.165, 1.54) is 172 Å². The topological polar surface area (TPSA) is 141 Å². The van der Waals surface area contributed by atoms with Crippen molar-refractivity contribution in [2.24, 2.45) is 5.92 Å². The van der Waals surface area contributed by atoms with Gasteiger partial charge in [-0.25, -0.2) is 4.79 Å². The first-order valence-electron chi connectivity index (χ1n) is 32.6. The van der Waals surface area contributed by atoms with Crippen LogP contribution in [-0.4, -0.2) is 91.7 Å². The molecule has 12 nitrogen and oxygen atoms in total. The van der Waals surface area contributed by atoms with Gasteiger partial charge in [-0.3, -0.25) is 19.2 Å². The molecule has 3 heterocycles. The van der Waals surface area contributed by atoms with E-state index in [1.54, 1.807) is 0 Å². The van der Waals surface area contributed by atoms with E-state index in [9.17, 15) is 24.0 Å². The second kappa shape index (κ2) is 39.2. The molecule has 0 N–H and O–H groups in total. The van der Waals surface area contributed by atoms with Crippen LogP contribution in [0.15, 0.2) is 60.7 Å². The van der Waals surface area contributed by atoms with Gasteiger partial charge in [0.1, 0.15) is 19.3 Å². The Hall–Kier alpha value is -4.29. The van der Waals surface area contributed by atoms with Crippen LogP contribution in [0.4, 0.5) is 0 Å². The number of carbonyl (C=O) groups is 5. The first kappa shape index (κ1) is 66.5. The van der Waals surface area contributed by atoms with E-state index >= 15 is 0 Å². The second-order valence-electron chi connectivity index (χ2n) is 24.1. The monoisotopic (exact) mass is 1110 g/mol. The Kier molecular flexibility index (Phi) is 32.6. The average Bonchev–Trinajstić information content (AvgIpc) is 4.22. The number of rotatable bonds is 45. The molecule has 0 amide bonds. The Balaban J connectivity index is 1.05. The van der Waals surface area contributed by atoms with Crippen LogP contribution in [0.2, 0.25) is 0 Å². The molecular weight excluding hydrogens is 1010 g/mol. The normalized spacial score (nSPS) is 17.8. The minimum atomic E-state index is -1.69. The van der Waals surface area contributed by atoms with Crippen molar-refractivity contribution >= 4 is 29.8 Å². The zero-order chi connectivity index (χ0) is 56.9. The standard InChI is InChI=1S/C68H108NO11/c1-4-6-8-10-12-14-16-18-20-22-24-26-34-42-63(70)75-53-62(54-76-64(71)43-35-27-25-23-21-19-17-15-13-11-9-7-5-2)79-65(72)47-44-56(3)50-66(73)77-55-78-68(57-38-30-28-31-39-57,58-40-32-29-33-41-58)67(74)80-61-51-59-45-46-60(52-61)69(59)48-36-37-49-69/h28-33,38-41,56,59-62H,4-27,34-37,42-55H2,1-3H3/q+1. The summed E-state index contributed by atoms with van der Waals surface area (Å²) in [6, 6.07) is 19.6. The molecule has 0 radical (unpaired) electrons. The molecule has 1 spiro atoms. The van der Waals surface area contributed by atoms with Crippen molar-refractivity contribution in [1.82, 2.24) is 0 Å². The lowest BCUT2D eigenvalue weighted by molar-refractivity contribution is -0.956. The molecule has 3 aliphatic heterocycles. The van der Waals surface area contributed by atoms with Crippen molar-refractivity contribution in [2.75, 3.05) is 33.1 Å². The fraction of sp³-hybridized carbons (Fsp3) is 0.750. The summed E-state index contributed by atoms with van der Waals surface area (Å²) in [6.07, 6.45) is 37.7. The van der Waals surface area contributed by atoms with Crippen molar-refractivity contribution in [3.05, 3.63) is 71.8 Å². The lowest BCUT2D eigenvalue weighted by atomic mass is 9.85. The summed E-state index contributed by atoms with van der Waals surface area (Å²) in [6.45, 7) is 7.89. The summed E-state index contributed by atoms with van der Waals surface area (Å²) in [7, 11) is 0. The number of unbranched alkanes of at least 4 members (excludes halogenated alkanes) is 24. The average molecular weight is 1120 g/mol. The van der Waals surface area contributed by atoms with Gasteiger partial charge < -0.3 is 32.9 Å². The predicted molar refractivity (Wildman–Crippen MR) is 316 cm³/mol. The van der Waals surface area contributed by atoms with Crippen LogP contribution in [-0.2, 0) is 58.0 Å². The molecular formula is C68H108NO11+. The molecule has 3 aliphatic rings. The molecule has 2 aromatic carbocycles. The maximum Gasteiger partial charge on any atom is 0.348 e. The van der Waals surface area contributed by atoms with Gasteiger partial charge in [0, 0.05) is 64.2 Å². The molecule has 5 rings (SSSR count). The predicted octanol–water partition coefficient (Wildman–Crippen LogP) is 16.1. The van der Waals surface area contributed by atoms with Gasteiger partial charge in [0.05, 0.1) is 25.2 Å². The van der Waals surface area contributed by atoms with Crippen molar-refractivity contribution in [3.63, 3.8) is 0 Å². The molecule has 3 atom stereocenters. The van der Waals surface area contributed by atoms with E-state index in [2.05, 4.69) is 13.8 Å². The lowest BCUT2D eigenvalue weighted by Gasteiger charge is -2.47. The fourth-order valence-electron chi connectivity index (χ4n) is 13.0. The Labute approximate surface area is 483 Å². The number of esters is 5. The lowest BCUT2D eigenvalue weighted by Crippen LogP contribution is -2.60. The number of benzene rings is 2. The van der Waals surface area contributed by atoms with E-state index in [1.807, 2.05) is 67.6 Å². The van der Waals surface area contributed by atoms with Crippen LogP contribution in [0.5, 0.6) is 0 Å².